The maximum Gasteiger partial charge on any atom is 0.258 e. The van der Waals surface area contributed by atoms with Gasteiger partial charge in [0.05, 0.1) is 22.4 Å². The van der Waals surface area contributed by atoms with Crippen LogP contribution in [-0.2, 0) is 26.0 Å². The number of carbonyl (C=O) groups is 4. The number of ether oxygens (including phenoxy) is 1. The van der Waals surface area contributed by atoms with E-state index in [4.69, 9.17) is 4.74 Å². The second-order valence-electron chi connectivity index (χ2n) is 16.6. The molecule has 5 aromatic rings. The number of H-pyrrole nitrogens is 1. The average Bonchev–Trinajstić information content (AvgIpc) is 3.75. The monoisotopic (exact) mass is 936 g/mol. The van der Waals surface area contributed by atoms with Gasteiger partial charge >= 0.3 is 0 Å². The number of piperazine rings is 1. The summed E-state index contributed by atoms with van der Waals surface area (Å²) in [4.78, 5) is 74.3. The van der Waals surface area contributed by atoms with E-state index in [0.717, 1.165) is 30.9 Å². The Hall–Kier alpha value is -5.96. The van der Waals surface area contributed by atoms with E-state index in [2.05, 4.69) is 51.0 Å². The van der Waals surface area contributed by atoms with Gasteiger partial charge in [0.1, 0.15) is 28.8 Å². The molecule has 8 rings (SSSR count). The highest BCUT2D eigenvalue weighted by Crippen LogP contribution is 2.38. The van der Waals surface area contributed by atoms with Crippen molar-refractivity contribution < 1.29 is 32.3 Å². The Bertz CT molecular complexity index is 2700. The molecule has 0 radical (unpaired) electrons. The largest absolute Gasteiger partial charge is 0.492 e. The van der Waals surface area contributed by atoms with Gasteiger partial charge in [-0.25, -0.2) is 28.4 Å². The number of nitrogens with zero attached hydrogens (tertiary/aromatic N) is 8. The number of fused-ring (bicyclic) bond motifs is 2. The quantitative estimate of drug-likeness (QED) is 0.0994. The maximum atomic E-state index is 13.9. The molecule has 0 spiro atoms. The van der Waals surface area contributed by atoms with E-state index in [-0.39, 0.29) is 78.8 Å². The Labute approximate surface area is 382 Å². The number of imide groups is 1. The number of amides is 4. The van der Waals surface area contributed by atoms with Crippen molar-refractivity contribution in [1.29, 1.82) is 0 Å². The van der Waals surface area contributed by atoms with Crippen LogP contribution in [0.5, 0.6) is 5.75 Å². The molecule has 6 heterocycles. The van der Waals surface area contributed by atoms with Gasteiger partial charge in [-0.1, -0.05) is 6.07 Å². The predicted octanol–water partition coefficient (Wildman–Crippen LogP) is 4.52. The van der Waals surface area contributed by atoms with Crippen molar-refractivity contribution in [3.63, 3.8) is 0 Å². The van der Waals surface area contributed by atoms with Crippen molar-refractivity contribution in [3.8, 4) is 5.75 Å². The first kappa shape index (κ1) is 47.5. The number of aromatic nitrogens is 6. The number of nitrogens with one attached hydrogen (secondary N) is 4. The van der Waals surface area contributed by atoms with Gasteiger partial charge < -0.3 is 25.2 Å². The zero-order valence-electron chi connectivity index (χ0n) is 35.9. The number of hydrogen-bond donors (Lipinski definition) is 4. The second-order valence-corrected chi connectivity index (χ2v) is 19.3. The van der Waals surface area contributed by atoms with Crippen LogP contribution in [0.3, 0.4) is 0 Å². The smallest absolute Gasteiger partial charge is 0.258 e. The Kier molecular flexibility index (Phi) is 14.1. The van der Waals surface area contributed by atoms with E-state index in [9.17, 15) is 27.6 Å². The van der Waals surface area contributed by atoms with Crippen molar-refractivity contribution in [2.45, 2.75) is 76.1 Å². The fraction of sp³-hybridized carbons (Fsp3) is 0.405. The highest BCUT2D eigenvalue weighted by molar-refractivity contribution is 7.92. The first-order valence-electron chi connectivity index (χ1n) is 20.4. The Morgan fingerprint density at radius 2 is 1.70 bits per heavy atom. The van der Waals surface area contributed by atoms with Gasteiger partial charge in [-0.3, -0.25) is 34.5 Å². The Morgan fingerprint density at radius 3 is 2.38 bits per heavy atom. The molecule has 19 nitrogen and oxygen atoms in total. The van der Waals surface area contributed by atoms with E-state index < -0.39 is 32.4 Å². The van der Waals surface area contributed by atoms with Crippen molar-refractivity contribution in [3.05, 3.63) is 77.0 Å². The molecule has 3 aliphatic rings. The summed E-state index contributed by atoms with van der Waals surface area (Å²) in [6, 6.07) is 7.51. The molecule has 64 heavy (non-hydrogen) atoms. The molecule has 2 fully saturated rings. The molecular weight excluding hydrogens is 888 g/mol. The third-order valence-electron chi connectivity index (χ3n) is 11.5. The Morgan fingerprint density at radius 1 is 0.969 bits per heavy atom. The minimum absolute atomic E-state index is 0. The van der Waals surface area contributed by atoms with E-state index in [1.807, 2.05) is 18.7 Å². The van der Waals surface area contributed by atoms with Crippen LogP contribution in [0.25, 0.3) is 10.9 Å². The molecule has 0 bridgehead atoms. The molecule has 0 aliphatic carbocycles. The Balaban J connectivity index is 0.00000340. The van der Waals surface area contributed by atoms with E-state index in [0.29, 0.717) is 64.8 Å². The average molecular weight is 938 g/mol. The molecule has 1 unspecified atom stereocenters. The van der Waals surface area contributed by atoms with Crippen LogP contribution in [0.15, 0.2) is 53.9 Å². The number of aromatic amines is 1. The molecule has 2 saturated heterocycles. The van der Waals surface area contributed by atoms with Gasteiger partial charge in [0.2, 0.25) is 17.8 Å². The lowest BCUT2D eigenvalue weighted by Crippen LogP contribution is -2.52. The van der Waals surface area contributed by atoms with Crippen molar-refractivity contribution >= 4 is 92.5 Å². The molecule has 2 aromatic carbocycles. The van der Waals surface area contributed by atoms with E-state index >= 15 is 0 Å². The summed E-state index contributed by atoms with van der Waals surface area (Å²) in [5.41, 5.74) is 4.03. The highest BCUT2D eigenvalue weighted by atomic mass is 35.5. The number of piperidine rings is 1. The standard InChI is InChI=1S/C42H48N12O7S.2ClH/c1-24-25(2)50-51-36(24)49-37-28-18-34(62(59,60)42(3,4)5)33(19-31(28)45-23-46-37)61-17-7-12-52-13-15-53(16-14-52)41-43-20-26(21-44-41)38(56)47-30-9-6-8-27-29(30)22-54(40(27)58)32-10-11-35(55)48-39(32)57;;/h6,8-9,18-21,23,32H,7,10-17,22H2,1-5H3,(H,47,56)(H,48,55,57)(H2,45,46,49,50,51);2*1H. The fourth-order valence-corrected chi connectivity index (χ4v) is 8.99. The zero-order valence-corrected chi connectivity index (χ0v) is 38.4. The van der Waals surface area contributed by atoms with E-state index in [1.54, 1.807) is 51.1 Å². The van der Waals surface area contributed by atoms with Crippen LogP contribution >= 0.6 is 24.8 Å². The van der Waals surface area contributed by atoms with Crippen molar-refractivity contribution in [2.24, 2.45) is 0 Å². The first-order chi connectivity index (χ1) is 29.6. The summed E-state index contributed by atoms with van der Waals surface area (Å²) in [6.07, 6.45) is 5.39. The number of halogens is 2. The normalized spacial score (nSPS) is 16.8. The summed E-state index contributed by atoms with van der Waals surface area (Å²) in [5, 5.41) is 16.2. The van der Waals surface area contributed by atoms with Gasteiger partial charge in [-0.2, -0.15) is 5.10 Å². The lowest BCUT2D eigenvalue weighted by Gasteiger charge is -2.34. The predicted molar refractivity (Wildman–Crippen MR) is 244 cm³/mol. The third kappa shape index (κ3) is 9.45. The molecule has 22 heteroatoms. The lowest BCUT2D eigenvalue weighted by atomic mass is 10.0. The first-order valence-corrected chi connectivity index (χ1v) is 21.9. The maximum absolute atomic E-state index is 13.9. The summed E-state index contributed by atoms with van der Waals surface area (Å²) in [7, 11) is -3.83. The van der Waals surface area contributed by atoms with Crippen molar-refractivity contribution in [1.82, 2.24) is 45.2 Å². The number of carbonyl (C=O) groups excluding carboxylic acids is 4. The minimum atomic E-state index is -3.83. The number of rotatable bonds is 12. The van der Waals surface area contributed by atoms with Gasteiger partial charge in [-0.05, 0) is 65.7 Å². The number of sulfone groups is 1. The fourth-order valence-electron chi connectivity index (χ4n) is 7.68. The summed E-state index contributed by atoms with van der Waals surface area (Å²) in [6.45, 7) is 12.7. The minimum Gasteiger partial charge on any atom is -0.492 e. The van der Waals surface area contributed by atoms with E-state index in [1.165, 1.54) is 23.6 Å². The molecule has 4 amide bonds. The number of benzene rings is 2. The summed E-state index contributed by atoms with van der Waals surface area (Å²) >= 11 is 0. The van der Waals surface area contributed by atoms with Gasteiger partial charge in [-0.15, -0.1) is 24.8 Å². The molecule has 3 aromatic heterocycles. The topological polar surface area (TPSA) is 238 Å². The number of hydrogen-bond acceptors (Lipinski definition) is 15. The third-order valence-corrected chi connectivity index (χ3v) is 14.1. The van der Waals surface area contributed by atoms with Crippen LogP contribution in [0.4, 0.5) is 23.3 Å². The lowest BCUT2D eigenvalue weighted by molar-refractivity contribution is -0.136. The molecule has 340 valence electrons. The number of aryl methyl sites for hydroxylation is 1. The molecular formula is C42H50Cl2N12O7S. The van der Waals surface area contributed by atoms with Crippen LogP contribution in [0, 0.1) is 13.8 Å². The molecule has 3 aliphatic heterocycles. The summed E-state index contributed by atoms with van der Waals surface area (Å²) in [5.74, 6) is 0.122. The molecule has 1 atom stereocenters. The van der Waals surface area contributed by atoms with Crippen LogP contribution in [0.1, 0.15) is 77.6 Å². The highest BCUT2D eigenvalue weighted by Gasteiger charge is 2.40. The van der Waals surface area contributed by atoms with Crippen molar-refractivity contribution in [2.75, 3.05) is 54.9 Å². The SMILES string of the molecule is Cc1[nH]nc(Nc2ncnc3cc(OCCCN4CCN(c5ncc(C(=O)Nc6cccc7c6CN(C6CCC(=O)NC6=O)C7=O)cn5)CC4)c(S(=O)(=O)C(C)(C)C)cc23)c1C.Cl.Cl. The van der Waals surface area contributed by atoms with Gasteiger partial charge in [0, 0.05) is 97.6 Å². The zero-order chi connectivity index (χ0) is 43.9. The van der Waals surface area contributed by atoms with Gasteiger partial charge in [0.25, 0.3) is 11.8 Å². The van der Waals surface area contributed by atoms with Crippen LogP contribution in [0.2, 0.25) is 0 Å². The van der Waals surface area contributed by atoms with Crippen LogP contribution < -0.4 is 25.6 Å². The van der Waals surface area contributed by atoms with Gasteiger partial charge in [0.15, 0.2) is 15.7 Å². The van der Waals surface area contributed by atoms with Crippen LogP contribution in [-0.4, -0.2) is 122 Å². The molecule has 4 N–H and O–H groups in total. The summed E-state index contributed by atoms with van der Waals surface area (Å²) < 4.78 is 32.9. The second kappa shape index (κ2) is 19.0. The number of anilines is 4. The molecule has 0 saturated carbocycles.